The van der Waals surface area contributed by atoms with Crippen LogP contribution in [0.25, 0.3) is 0 Å². The van der Waals surface area contributed by atoms with Crippen LogP contribution in [0.3, 0.4) is 0 Å². The molecule has 0 amide bonds. The maximum absolute atomic E-state index is 5.59. The summed E-state index contributed by atoms with van der Waals surface area (Å²) < 4.78 is 0. The zero-order valence-electron chi connectivity index (χ0n) is 6.55. The molecular weight excluding hydrogens is 158 g/mol. The number of halogens is 1. The highest BCUT2D eigenvalue weighted by Crippen LogP contribution is 2.09. The van der Waals surface area contributed by atoms with Gasteiger partial charge < -0.3 is 4.90 Å². The second-order valence-corrected chi connectivity index (χ2v) is 2.74. The predicted molar refractivity (Wildman–Crippen MR) is 49.3 cm³/mol. The molecule has 0 spiro atoms. The van der Waals surface area contributed by atoms with Gasteiger partial charge in [0.05, 0.1) is 0 Å². The number of rotatable bonds is 3. The maximum Gasteiger partial charge on any atom is 0.0444 e. The predicted octanol–water partition coefficient (Wildman–Crippen LogP) is 2.16. The van der Waals surface area contributed by atoms with Crippen LogP contribution in [0.4, 0.5) is 5.69 Å². The van der Waals surface area contributed by atoms with E-state index in [-0.39, 0.29) is 0 Å². The van der Waals surface area contributed by atoms with Gasteiger partial charge in [0.15, 0.2) is 0 Å². The van der Waals surface area contributed by atoms with Gasteiger partial charge in [-0.15, -0.1) is 11.6 Å². The summed E-state index contributed by atoms with van der Waals surface area (Å²) in [7, 11) is 2.01. The number of hydrogen-bond donors (Lipinski definition) is 0. The Morgan fingerprint density at radius 2 is 2.36 bits per heavy atom. The molecule has 1 radical (unpaired) electrons. The van der Waals surface area contributed by atoms with Gasteiger partial charge in [0, 0.05) is 31.2 Å². The summed E-state index contributed by atoms with van der Waals surface area (Å²) in [5, 5.41) is 0. The number of hydrogen-bond acceptors (Lipinski definition) is 1. The number of anilines is 1. The highest BCUT2D eigenvalue weighted by atomic mass is 35.5. The van der Waals surface area contributed by atoms with Gasteiger partial charge in [0.1, 0.15) is 0 Å². The molecule has 0 unspecified atom stereocenters. The first-order valence-corrected chi connectivity index (χ1v) is 4.12. The molecule has 2 heteroatoms. The molecule has 1 aromatic rings. The number of para-hydroxylation sites is 1. The van der Waals surface area contributed by atoms with E-state index in [1.54, 1.807) is 0 Å². The summed E-state index contributed by atoms with van der Waals surface area (Å²) >= 11 is 5.59. The smallest absolute Gasteiger partial charge is 0.0444 e. The van der Waals surface area contributed by atoms with Crippen molar-refractivity contribution in [1.29, 1.82) is 0 Å². The van der Waals surface area contributed by atoms with Gasteiger partial charge in [-0.25, -0.2) is 0 Å². The van der Waals surface area contributed by atoms with E-state index >= 15 is 0 Å². The number of benzene rings is 1. The molecule has 0 aliphatic heterocycles. The van der Waals surface area contributed by atoms with Crippen molar-refractivity contribution in [2.45, 2.75) is 0 Å². The normalized spacial score (nSPS) is 9.64. The number of alkyl halides is 1. The molecule has 1 rings (SSSR count). The fourth-order valence-corrected chi connectivity index (χ4v) is 1.12. The largest absolute Gasteiger partial charge is 0.373 e. The quantitative estimate of drug-likeness (QED) is 0.626. The van der Waals surface area contributed by atoms with Gasteiger partial charge in [-0.3, -0.25) is 0 Å². The van der Waals surface area contributed by atoms with E-state index in [9.17, 15) is 0 Å². The second-order valence-electron chi connectivity index (χ2n) is 2.36. The summed E-state index contributed by atoms with van der Waals surface area (Å²) in [4.78, 5) is 2.08. The van der Waals surface area contributed by atoms with Crippen LogP contribution in [0.5, 0.6) is 0 Å². The Labute approximate surface area is 72.6 Å². The van der Waals surface area contributed by atoms with E-state index < -0.39 is 0 Å². The van der Waals surface area contributed by atoms with Crippen LogP contribution >= 0.6 is 11.6 Å². The van der Waals surface area contributed by atoms with Crippen molar-refractivity contribution < 1.29 is 0 Å². The van der Waals surface area contributed by atoms with Crippen LogP contribution in [-0.2, 0) is 0 Å². The first-order chi connectivity index (χ1) is 5.34. The summed E-state index contributed by atoms with van der Waals surface area (Å²) in [6.07, 6.45) is 0. The van der Waals surface area contributed by atoms with Gasteiger partial charge in [-0.05, 0) is 6.07 Å². The zero-order valence-corrected chi connectivity index (χ0v) is 7.30. The zero-order chi connectivity index (χ0) is 8.10. The van der Waals surface area contributed by atoms with E-state index in [0.29, 0.717) is 5.88 Å². The monoisotopic (exact) mass is 168 g/mol. The molecule has 0 fully saturated rings. The summed E-state index contributed by atoms with van der Waals surface area (Å²) in [6, 6.07) is 11.0. The SMILES string of the molecule is CN(CCCl)c1[c]cccc1. The van der Waals surface area contributed by atoms with Crippen LogP contribution in [0.15, 0.2) is 24.3 Å². The summed E-state index contributed by atoms with van der Waals surface area (Å²) in [6.45, 7) is 0.863. The Hall–Kier alpha value is -0.690. The molecule has 0 aromatic heterocycles. The second kappa shape index (κ2) is 4.24. The van der Waals surface area contributed by atoms with Crippen molar-refractivity contribution >= 4 is 17.3 Å². The Balaban J connectivity index is 2.61. The van der Waals surface area contributed by atoms with Crippen molar-refractivity contribution in [3.63, 3.8) is 0 Å². The van der Waals surface area contributed by atoms with Crippen LogP contribution in [0.2, 0.25) is 0 Å². The summed E-state index contributed by atoms with van der Waals surface area (Å²) in [5.74, 6) is 0.652. The van der Waals surface area contributed by atoms with Crippen molar-refractivity contribution in [1.82, 2.24) is 0 Å². The molecule has 1 aromatic carbocycles. The van der Waals surface area contributed by atoms with Crippen molar-refractivity contribution in [2.75, 3.05) is 24.4 Å². The van der Waals surface area contributed by atoms with Gasteiger partial charge in [-0.1, -0.05) is 18.2 Å². The molecule has 1 nitrogen and oxygen atoms in total. The van der Waals surface area contributed by atoms with E-state index in [0.717, 1.165) is 12.2 Å². The van der Waals surface area contributed by atoms with E-state index in [2.05, 4.69) is 11.0 Å². The lowest BCUT2D eigenvalue weighted by atomic mass is 10.3. The molecule has 0 aliphatic carbocycles. The molecule has 0 bridgehead atoms. The lowest BCUT2D eigenvalue weighted by Gasteiger charge is -2.16. The molecule has 11 heavy (non-hydrogen) atoms. The van der Waals surface area contributed by atoms with Crippen LogP contribution < -0.4 is 4.90 Å². The van der Waals surface area contributed by atoms with Gasteiger partial charge in [-0.2, -0.15) is 0 Å². The highest BCUT2D eigenvalue weighted by molar-refractivity contribution is 6.18. The minimum Gasteiger partial charge on any atom is -0.373 e. The van der Waals surface area contributed by atoms with E-state index in [1.165, 1.54) is 0 Å². The molecule has 0 heterocycles. The van der Waals surface area contributed by atoms with Crippen molar-refractivity contribution in [2.24, 2.45) is 0 Å². The Morgan fingerprint density at radius 3 is 2.91 bits per heavy atom. The number of nitrogens with zero attached hydrogens (tertiary/aromatic N) is 1. The van der Waals surface area contributed by atoms with Crippen LogP contribution in [0.1, 0.15) is 0 Å². The van der Waals surface area contributed by atoms with Gasteiger partial charge in [0.25, 0.3) is 0 Å². The standard InChI is InChI=1S/C9H11ClN/c1-11(8-7-10)9-5-3-2-4-6-9/h2-5H,7-8H2,1H3. The first-order valence-electron chi connectivity index (χ1n) is 3.58. The molecular formula is C9H11ClN. The minimum absolute atomic E-state index is 0.652. The van der Waals surface area contributed by atoms with Crippen molar-refractivity contribution in [3.8, 4) is 0 Å². The Bertz CT molecular complexity index is 198. The first kappa shape index (κ1) is 8.41. The van der Waals surface area contributed by atoms with E-state index in [1.807, 2.05) is 31.3 Å². The Kier molecular flexibility index (Phi) is 3.24. The molecule has 0 atom stereocenters. The third-order valence-electron chi connectivity index (χ3n) is 1.52. The van der Waals surface area contributed by atoms with Crippen LogP contribution in [-0.4, -0.2) is 19.5 Å². The maximum atomic E-state index is 5.59. The average Bonchev–Trinajstić information content (AvgIpc) is 2.07. The Morgan fingerprint density at radius 1 is 1.55 bits per heavy atom. The minimum atomic E-state index is 0.652. The molecule has 0 aliphatic rings. The van der Waals surface area contributed by atoms with Crippen molar-refractivity contribution in [3.05, 3.63) is 30.3 Å². The topological polar surface area (TPSA) is 3.24 Å². The molecule has 0 N–H and O–H groups in total. The average molecular weight is 169 g/mol. The molecule has 59 valence electrons. The fourth-order valence-electron chi connectivity index (χ4n) is 0.869. The molecule has 0 saturated carbocycles. The fraction of sp³-hybridized carbons (Fsp3) is 0.333. The third-order valence-corrected chi connectivity index (χ3v) is 1.69. The third kappa shape index (κ3) is 2.43. The van der Waals surface area contributed by atoms with Crippen LogP contribution in [0, 0.1) is 6.07 Å². The molecule has 0 saturated heterocycles. The lowest BCUT2D eigenvalue weighted by Crippen LogP contribution is -2.19. The lowest BCUT2D eigenvalue weighted by molar-refractivity contribution is 0.973. The van der Waals surface area contributed by atoms with Gasteiger partial charge in [0.2, 0.25) is 0 Å². The highest BCUT2D eigenvalue weighted by Gasteiger charge is 1.96. The van der Waals surface area contributed by atoms with Gasteiger partial charge >= 0.3 is 0 Å². The van der Waals surface area contributed by atoms with E-state index in [4.69, 9.17) is 11.6 Å². The summed E-state index contributed by atoms with van der Waals surface area (Å²) in [5.41, 5.74) is 1.09.